The van der Waals surface area contributed by atoms with Crippen molar-refractivity contribution in [3.8, 4) is 11.4 Å². The maximum absolute atomic E-state index is 13.5. The number of carbonyl (C=O) groups excluding carboxylic acids is 1. The molecule has 0 bridgehead atoms. The number of aromatic nitrogens is 3. The minimum Gasteiger partial charge on any atom is -0.497 e. The Bertz CT molecular complexity index is 863. The van der Waals surface area contributed by atoms with Crippen molar-refractivity contribution in [2.45, 2.75) is 6.54 Å². The van der Waals surface area contributed by atoms with E-state index in [2.05, 4.69) is 15.6 Å². The first-order chi connectivity index (χ1) is 11.7. The second-order valence-corrected chi connectivity index (χ2v) is 5.02. The standard InChI is InChI=1S/C17H15FN4O2/c1-24-14-7-4-6-13(9-14)22-11-16(20-21-22)17(23)19-10-12-5-2-3-8-15(12)18/h2-9,11H,10H2,1H3,(H,19,23). The molecule has 0 aliphatic rings. The van der Waals surface area contributed by atoms with E-state index in [1.165, 1.54) is 16.9 Å². The first-order valence-corrected chi connectivity index (χ1v) is 7.26. The summed E-state index contributed by atoms with van der Waals surface area (Å²) >= 11 is 0. The van der Waals surface area contributed by atoms with Gasteiger partial charge in [0.25, 0.3) is 5.91 Å². The van der Waals surface area contributed by atoms with Crippen molar-refractivity contribution in [2.24, 2.45) is 0 Å². The van der Waals surface area contributed by atoms with Crippen LogP contribution in [0.1, 0.15) is 16.1 Å². The number of methoxy groups -OCH3 is 1. The Morgan fingerprint density at radius 1 is 1.25 bits per heavy atom. The molecular weight excluding hydrogens is 311 g/mol. The van der Waals surface area contributed by atoms with Crippen LogP contribution in [0.25, 0.3) is 5.69 Å². The highest BCUT2D eigenvalue weighted by atomic mass is 19.1. The number of hydrogen-bond acceptors (Lipinski definition) is 4. The smallest absolute Gasteiger partial charge is 0.273 e. The van der Waals surface area contributed by atoms with E-state index >= 15 is 0 Å². The second kappa shape index (κ2) is 6.91. The number of rotatable bonds is 5. The highest BCUT2D eigenvalue weighted by Gasteiger charge is 2.12. The van der Waals surface area contributed by atoms with Crippen LogP contribution >= 0.6 is 0 Å². The number of halogens is 1. The maximum Gasteiger partial charge on any atom is 0.273 e. The van der Waals surface area contributed by atoms with Gasteiger partial charge in [0.2, 0.25) is 0 Å². The number of benzene rings is 2. The quantitative estimate of drug-likeness (QED) is 0.781. The molecule has 0 atom stereocenters. The first kappa shape index (κ1) is 15.7. The van der Waals surface area contributed by atoms with Crippen molar-refractivity contribution in [1.82, 2.24) is 20.3 Å². The number of ether oxygens (including phenoxy) is 1. The first-order valence-electron chi connectivity index (χ1n) is 7.26. The molecule has 3 rings (SSSR count). The van der Waals surface area contributed by atoms with Crippen LogP contribution in [0, 0.1) is 5.82 Å². The van der Waals surface area contributed by atoms with Crippen LogP contribution in [0.4, 0.5) is 4.39 Å². The zero-order valence-corrected chi connectivity index (χ0v) is 12.9. The van der Waals surface area contributed by atoms with E-state index in [1.807, 2.05) is 18.2 Å². The van der Waals surface area contributed by atoms with Crippen LogP contribution in [0.3, 0.4) is 0 Å². The molecule has 2 aromatic carbocycles. The third-order valence-electron chi connectivity index (χ3n) is 3.44. The van der Waals surface area contributed by atoms with Crippen molar-refractivity contribution >= 4 is 5.91 Å². The van der Waals surface area contributed by atoms with Gasteiger partial charge in [-0.1, -0.05) is 29.5 Å². The molecular formula is C17H15FN4O2. The molecule has 0 aliphatic carbocycles. The van der Waals surface area contributed by atoms with Gasteiger partial charge >= 0.3 is 0 Å². The van der Waals surface area contributed by atoms with E-state index in [4.69, 9.17) is 4.74 Å². The Kier molecular flexibility index (Phi) is 4.51. The van der Waals surface area contributed by atoms with Crippen molar-refractivity contribution in [1.29, 1.82) is 0 Å². The summed E-state index contributed by atoms with van der Waals surface area (Å²) in [6, 6.07) is 13.5. The van der Waals surface area contributed by atoms with Crippen molar-refractivity contribution in [3.63, 3.8) is 0 Å². The largest absolute Gasteiger partial charge is 0.497 e. The van der Waals surface area contributed by atoms with E-state index in [1.54, 1.807) is 31.4 Å². The zero-order valence-electron chi connectivity index (χ0n) is 12.9. The van der Waals surface area contributed by atoms with Gasteiger partial charge in [0.15, 0.2) is 5.69 Å². The van der Waals surface area contributed by atoms with Gasteiger partial charge in [0, 0.05) is 18.2 Å². The predicted molar refractivity (Wildman–Crippen MR) is 85.5 cm³/mol. The summed E-state index contributed by atoms with van der Waals surface area (Å²) < 4.78 is 20.2. The molecule has 6 nitrogen and oxygen atoms in total. The summed E-state index contributed by atoms with van der Waals surface area (Å²) in [5, 5.41) is 10.4. The van der Waals surface area contributed by atoms with Gasteiger partial charge in [0.1, 0.15) is 11.6 Å². The van der Waals surface area contributed by atoms with Gasteiger partial charge in [-0.2, -0.15) is 0 Å². The molecule has 1 aromatic heterocycles. The van der Waals surface area contributed by atoms with Gasteiger partial charge in [-0.05, 0) is 18.2 Å². The highest BCUT2D eigenvalue weighted by molar-refractivity contribution is 5.91. The Morgan fingerprint density at radius 2 is 2.08 bits per heavy atom. The molecule has 122 valence electrons. The summed E-state index contributed by atoms with van der Waals surface area (Å²) in [5.41, 5.74) is 1.27. The molecule has 0 saturated heterocycles. The van der Waals surface area contributed by atoms with Crippen molar-refractivity contribution in [3.05, 3.63) is 71.8 Å². The number of carbonyl (C=O) groups is 1. The molecule has 1 N–H and O–H groups in total. The monoisotopic (exact) mass is 326 g/mol. The molecule has 0 spiro atoms. The fourth-order valence-corrected chi connectivity index (χ4v) is 2.15. The minimum atomic E-state index is -0.424. The molecule has 3 aromatic rings. The second-order valence-electron chi connectivity index (χ2n) is 5.02. The zero-order chi connectivity index (χ0) is 16.9. The summed E-state index contributed by atoms with van der Waals surface area (Å²) in [5.74, 6) is -0.112. The lowest BCUT2D eigenvalue weighted by atomic mass is 10.2. The molecule has 24 heavy (non-hydrogen) atoms. The third-order valence-corrected chi connectivity index (χ3v) is 3.44. The molecule has 1 amide bonds. The van der Waals surface area contributed by atoms with Gasteiger partial charge in [-0.25, -0.2) is 9.07 Å². The Balaban J connectivity index is 1.70. The van der Waals surface area contributed by atoms with Crippen LogP contribution in [0.2, 0.25) is 0 Å². The van der Waals surface area contributed by atoms with E-state index in [-0.39, 0.29) is 18.1 Å². The summed E-state index contributed by atoms with van der Waals surface area (Å²) in [6.07, 6.45) is 1.51. The number of amides is 1. The molecule has 0 radical (unpaired) electrons. The van der Waals surface area contributed by atoms with Crippen LogP contribution in [0.5, 0.6) is 5.75 Å². The molecule has 0 aliphatic heterocycles. The van der Waals surface area contributed by atoms with E-state index in [0.29, 0.717) is 11.3 Å². The van der Waals surface area contributed by atoms with Gasteiger partial charge in [0.05, 0.1) is 19.0 Å². The maximum atomic E-state index is 13.5. The summed E-state index contributed by atoms with van der Waals surface area (Å²) in [7, 11) is 1.57. The van der Waals surface area contributed by atoms with Crippen molar-refractivity contribution in [2.75, 3.05) is 7.11 Å². The van der Waals surface area contributed by atoms with E-state index < -0.39 is 5.91 Å². The number of nitrogens with zero attached hydrogens (tertiary/aromatic N) is 3. The number of hydrogen-bond donors (Lipinski definition) is 1. The normalized spacial score (nSPS) is 10.4. The third kappa shape index (κ3) is 3.40. The lowest BCUT2D eigenvalue weighted by molar-refractivity contribution is 0.0945. The Hall–Kier alpha value is -3.22. The fourth-order valence-electron chi connectivity index (χ4n) is 2.15. The molecule has 0 fully saturated rings. The van der Waals surface area contributed by atoms with Gasteiger partial charge in [-0.15, -0.1) is 5.10 Å². The average Bonchev–Trinajstić information content (AvgIpc) is 3.11. The molecule has 0 unspecified atom stereocenters. The predicted octanol–water partition coefficient (Wildman–Crippen LogP) is 2.34. The van der Waals surface area contributed by atoms with Crippen LogP contribution in [-0.2, 0) is 6.54 Å². The van der Waals surface area contributed by atoms with Gasteiger partial charge < -0.3 is 10.1 Å². The lowest BCUT2D eigenvalue weighted by Crippen LogP contribution is -2.23. The topological polar surface area (TPSA) is 69.0 Å². The molecule has 7 heteroatoms. The Morgan fingerprint density at radius 3 is 2.88 bits per heavy atom. The van der Waals surface area contributed by atoms with Crippen LogP contribution in [0.15, 0.2) is 54.7 Å². The highest BCUT2D eigenvalue weighted by Crippen LogP contribution is 2.15. The Labute approximate surface area is 137 Å². The molecule has 0 saturated carbocycles. The summed E-state index contributed by atoms with van der Waals surface area (Å²) in [6.45, 7) is 0.0809. The van der Waals surface area contributed by atoms with Gasteiger partial charge in [-0.3, -0.25) is 4.79 Å². The SMILES string of the molecule is COc1cccc(-n2cc(C(=O)NCc3ccccc3F)nn2)c1. The number of nitrogens with one attached hydrogen (secondary N) is 1. The van der Waals surface area contributed by atoms with Crippen molar-refractivity contribution < 1.29 is 13.9 Å². The van der Waals surface area contributed by atoms with E-state index in [9.17, 15) is 9.18 Å². The summed E-state index contributed by atoms with van der Waals surface area (Å²) in [4.78, 5) is 12.1. The van der Waals surface area contributed by atoms with E-state index in [0.717, 1.165) is 5.69 Å². The fraction of sp³-hybridized carbons (Fsp3) is 0.118. The molecule has 1 heterocycles. The minimum absolute atomic E-state index is 0.0809. The van der Waals surface area contributed by atoms with Crippen LogP contribution < -0.4 is 10.1 Å². The average molecular weight is 326 g/mol. The van der Waals surface area contributed by atoms with Crippen LogP contribution in [-0.4, -0.2) is 28.0 Å². The lowest BCUT2D eigenvalue weighted by Gasteiger charge is -2.04.